The van der Waals surface area contributed by atoms with Gasteiger partial charge in [-0.1, -0.05) is 27.7 Å². The fourth-order valence-electron chi connectivity index (χ4n) is 4.06. The van der Waals surface area contributed by atoms with E-state index in [1.54, 1.807) is 27.7 Å². The van der Waals surface area contributed by atoms with Crippen LogP contribution in [0.5, 0.6) is 0 Å². The Balaban J connectivity index is 0.00000736. The Morgan fingerprint density at radius 3 is 2.15 bits per heavy atom. The number of fused-ring (bicyclic) bond motifs is 1. The minimum absolute atomic E-state index is 0. The Hall–Kier alpha value is -3.87. The van der Waals surface area contributed by atoms with E-state index in [0.717, 1.165) is 0 Å². The van der Waals surface area contributed by atoms with Crippen LogP contribution in [0, 0.1) is 11.8 Å². The fourth-order valence-corrected chi connectivity index (χ4v) is 4.06. The Bertz CT molecular complexity index is 1390. The molecule has 0 spiro atoms. The normalized spacial score (nSPS) is 19.1. The number of carbonyl (C=O) groups is 4. The summed E-state index contributed by atoms with van der Waals surface area (Å²) in [5.41, 5.74) is 16.7. The highest BCUT2D eigenvalue weighted by Gasteiger charge is 2.38. The third kappa shape index (κ3) is 10.3. The van der Waals surface area contributed by atoms with Crippen LogP contribution in [0.1, 0.15) is 53.2 Å². The van der Waals surface area contributed by atoms with Crippen LogP contribution in [0.4, 0.5) is 10.3 Å². The molecule has 0 saturated carbocycles. The number of esters is 4. The molecule has 5 atom stereocenters. The lowest BCUT2D eigenvalue weighted by molar-refractivity contribution is -0.169. The van der Waals surface area contributed by atoms with Crippen LogP contribution in [0.15, 0.2) is 11.1 Å². The van der Waals surface area contributed by atoms with E-state index in [0.29, 0.717) is 0 Å². The van der Waals surface area contributed by atoms with Crippen molar-refractivity contribution >= 4 is 53.4 Å². The van der Waals surface area contributed by atoms with Crippen molar-refractivity contribution in [2.45, 2.75) is 83.6 Å². The number of anilines is 1. The van der Waals surface area contributed by atoms with E-state index in [4.69, 9.17) is 40.9 Å². The number of hydrogen-bond donors (Lipinski definition) is 4. The van der Waals surface area contributed by atoms with Crippen molar-refractivity contribution < 1.29 is 47.3 Å². The van der Waals surface area contributed by atoms with Gasteiger partial charge in [-0.2, -0.15) is 4.98 Å². The molecule has 0 unspecified atom stereocenters. The van der Waals surface area contributed by atoms with Gasteiger partial charge < -0.3 is 40.9 Å². The van der Waals surface area contributed by atoms with Gasteiger partial charge in [0.05, 0.1) is 19.2 Å². The number of hydrogen-bond acceptors (Lipinski definition) is 15. The summed E-state index contributed by atoms with van der Waals surface area (Å²) < 4.78 is 42.4. The number of nitrogen functional groups attached to an aromatic ring is 1. The highest BCUT2D eigenvalue weighted by Crippen LogP contribution is 2.32. The van der Waals surface area contributed by atoms with Gasteiger partial charge in [-0.3, -0.25) is 33.5 Å². The van der Waals surface area contributed by atoms with Crippen molar-refractivity contribution in [3.05, 3.63) is 16.7 Å². The molecule has 2 aromatic rings. The van der Waals surface area contributed by atoms with E-state index < -0.39 is 98.8 Å². The van der Waals surface area contributed by atoms with Crippen molar-refractivity contribution in [2.75, 3.05) is 25.6 Å². The smallest absolute Gasteiger partial charge is 0.323 e. The molecule has 1 aliphatic rings. The van der Waals surface area contributed by atoms with Crippen molar-refractivity contribution in [3.63, 3.8) is 0 Å². The third-order valence-corrected chi connectivity index (χ3v) is 6.97. The molecule has 0 bridgehead atoms. The maximum atomic E-state index is 14.7. The molecule has 17 nitrogen and oxygen atoms in total. The zero-order valence-electron chi connectivity index (χ0n) is 25.9. The van der Waals surface area contributed by atoms with Crippen LogP contribution in [-0.2, 0) is 42.9 Å². The van der Waals surface area contributed by atoms with Crippen molar-refractivity contribution in [1.29, 1.82) is 0 Å². The zero-order valence-corrected chi connectivity index (χ0v) is 26.7. The first-order valence-electron chi connectivity index (χ1n) is 14.4. The summed E-state index contributed by atoms with van der Waals surface area (Å²) >= 11 is 0. The van der Waals surface area contributed by atoms with E-state index in [1.807, 2.05) is 0 Å². The fraction of sp³-hybridized carbons (Fsp3) is 0.667. The van der Waals surface area contributed by atoms with Crippen molar-refractivity contribution in [3.8, 4) is 0 Å². The number of carbonyl (C=O) groups excluding carboxylic acids is 4. The number of nitrogens with one attached hydrogen (secondary N) is 1. The quantitative estimate of drug-likeness (QED) is 0.143. The number of halogens is 2. The van der Waals surface area contributed by atoms with Gasteiger partial charge in [0.15, 0.2) is 17.3 Å². The maximum Gasteiger partial charge on any atom is 0.323 e. The molecule has 1 aliphatic heterocycles. The van der Waals surface area contributed by atoms with Crippen molar-refractivity contribution in [2.24, 2.45) is 23.3 Å². The molecule has 0 radical (unpaired) electrons. The Kier molecular flexibility index (Phi) is 14.3. The number of aromatic nitrogens is 4. The summed E-state index contributed by atoms with van der Waals surface area (Å²) in [6.07, 6.45) is -4.46. The zero-order chi connectivity index (χ0) is 33.4. The Labute approximate surface area is 269 Å². The van der Waals surface area contributed by atoms with Crippen LogP contribution in [0.2, 0.25) is 0 Å². The molecule has 0 amide bonds. The van der Waals surface area contributed by atoms with Crippen LogP contribution >= 0.6 is 12.4 Å². The molecule has 258 valence electrons. The molecular formula is C27H41ClFN7O10. The first-order chi connectivity index (χ1) is 21.2. The summed E-state index contributed by atoms with van der Waals surface area (Å²) in [4.78, 5) is 71.4. The standard InChI is InChI=1S/C27H40FN7O10.ClH/c1-12(2)20(29)25(39)42-8-14(9-43-26(40)21(30)13(3)4)44-19(37)6-5-18(36)41-10-16-15(28)7-17(45-16)35-11-32-22-23(35)33-27(31)34-24(22)38;/h11-17,20-21H,5-10,29-30H2,1-4H3,(H3,31,33,34,38);1H/t15-,16+,17+,20-,21-;/m0./s1. The first-order valence-corrected chi connectivity index (χ1v) is 14.4. The average Bonchev–Trinajstić information content (AvgIpc) is 3.57. The number of rotatable bonds is 15. The number of imidazole rings is 1. The molecule has 1 saturated heterocycles. The summed E-state index contributed by atoms with van der Waals surface area (Å²) in [5.74, 6) is -3.76. The molecule has 19 heteroatoms. The summed E-state index contributed by atoms with van der Waals surface area (Å²) in [5, 5.41) is 0. The van der Waals surface area contributed by atoms with E-state index in [9.17, 15) is 28.4 Å². The molecule has 0 aliphatic carbocycles. The molecule has 3 rings (SSSR count). The van der Waals surface area contributed by atoms with E-state index in [2.05, 4.69) is 15.0 Å². The lowest BCUT2D eigenvalue weighted by Crippen LogP contribution is -2.41. The summed E-state index contributed by atoms with van der Waals surface area (Å²) in [7, 11) is 0. The molecular weight excluding hydrogens is 637 g/mol. The van der Waals surface area contributed by atoms with E-state index >= 15 is 0 Å². The third-order valence-electron chi connectivity index (χ3n) is 6.97. The molecule has 2 aromatic heterocycles. The molecule has 1 fully saturated rings. The lowest BCUT2D eigenvalue weighted by Gasteiger charge is -2.21. The van der Waals surface area contributed by atoms with E-state index in [1.165, 1.54) is 10.9 Å². The Morgan fingerprint density at radius 2 is 1.59 bits per heavy atom. The van der Waals surface area contributed by atoms with Gasteiger partial charge in [0.1, 0.15) is 50.4 Å². The summed E-state index contributed by atoms with van der Waals surface area (Å²) in [6.45, 7) is 5.53. The minimum atomic E-state index is -1.52. The SMILES string of the molecule is CC(C)[C@H](N)C(=O)OCC(COC(=O)[C@@H](N)C(C)C)OC(=O)CCC(=O)OC[C@H]1O[C@@H](n2cnc3c(=O)[nH]c(N)nc32)C[C@@H]1F.Cl. The second-order valence-electron chi connectivity index (χ2n) is 11.3. The minimum Gasteiger partial charge on any atom is -0.463 e. The number of nitrogens with two attached hydrogens (primary N) is 3. The number of H-pyrrole nitrogens is 1. The molecule has 3 heterocycles. The van der Waals surface area contributed by atoms with Gasteiger partial charge >= 0.3 is 23.9 Å². The second-order valence-corrected chi connectivity index (χ2v) is 11.3. The highest BCUT2D eigenvalue weighted by molar-refractivity contribution is 5.85. The highest BCUT2D eigenvalue weighted by atomic mass is 35.5. The van der Waals surface area contributed by atoms with Crippen LogP contribution in [0.25, 0.3) is 11.2 Å². The lowest BCUT2D eigenvalue weighted by atomic mass is 10.1. The molecule has 46 heavy (non-hydrogen) atoms. The van der Waals surface area contributed by atoms with Gasteiger partial charge in [-0.25, -0.2) is 9.37 Å². The second kappa shape index (κ2) is 17.2. The number of ether oxygens (including phenoxy) is 5. The first kappa shape index (κ1) is 38.3. The topological polar surface area (TPSA) is 256 Å². The van der Waals surface area contributed by atoms with Gasteiger partial charge in [-0.05, 0) is 11.8 Å². The predicted octanol–water partition coefficient (Wildman–Crippen LogP) is 0.0374. The number of alkyl halides is 1. The monoisotopic (exact) mass is 677 g/mol. The number of nitrogens with zero attached hydrogens (tertiary/aromatic N) is 3. The molecule has 7 N–H and O–H groups in total. The Morgan fingerprint density at radius 1 is 1.02 bits per heavy atom. The average molecular weight is 678 g/mol. The van der Waals surface area contributed by atoms with E-state index in [-0.39, 0.29) is 47.8 Å². The van der Waals surface area contributed by atoms with Crippen LogP contribution in [-0.4, -0.2) is 93.7 Å². The largest absolute Gasteiger partial charge is 0.463 e. The molecule has 0 aromatic carbocycles. The predicted molar refractivity (Wildman–Crippen MR) is 161 cm³/mol. The van der Waals surface area contributed by atoms with Crippen molar-refractivity contribution in [1.82, 2.24) is 19.5 Å². The number of aromatic amines is 1. The van der Waals surface area contributed by atoms with Crippen LogP contribution in [0.3, 0.4) is 0 Å². The van der Waals surface area contributed by atoms with Gasteiger partial charge in [0.2, 0.25) is 5.95 Å². The maximum absolute atomic E-state index is 14.7. The van der Waals surface area contributed by atoms with Gasteiger partial charge in [-0.15, -0.1) is 12.4 Å². The van der Waals surface area contributed by atoms with Gasteiger partial charge in [0.25, 0.3) is 5.56 Å². The summed E-state index contributed by atoms with van der Waals surface area (Å²) in [6, 6.07) is -1.84. The van der Waals surface area contributed by atoms with Crippen LogP contribution < -0.4 is 22.8 Å². The van der Waals surface area contributed by atoms with Gasteiger partial charge in [0, 0.05) is 6.42 Å².